The normalized spacial score (nSPS) is 14.8. The van der Waals surface area contributed by atoms with Gasteiger partial charge in [0.2, 0.25) is 0 Å². The summed E-state index contributed by atoms with van der Waals surface area (Å²) >= 11 is 0. The van der Waals surface area contributed by atoms with Gasteiger partial charge in [0.05, 0.1) is 0 Å². The molecule has 1 heteroatoms. The Labute approximate surface area is 99.6 Å². The zero-order valence-corrected chi connectivity index (χ0v) is 10.8. The van der Waals surface area contributed by atoms with Crippen molar-refractivity contribution in [3.8, 4) is 0 Å². The predicted molar refractivity (Wildman–Crippen MR) is 71.7 cm³/mol. The first-order valence-electron chi connectivity index (χ1n) is 6.03. The largest absolute Gasteiger partial charge is 0.304 e. The molecule has 0 heterocycles. The van der Waals surface area contributed by atoms with Crippen LogP contribution in [0.1, 0.15) is 50.8 Å². The lowest BCUT2D eigenvalue weighted by molar-refractivity contribution is 0.537. The minimum absolute atomic E-state index is 0.347. The predicted octanol–water partition coefficient (Wildman–Crippen LogP) is 4.04. The van der Waals surface area contributed by atoms with Crippen LogP contribution < -0.4 is 5.32 Å². The maximum atomic E-state index is 3.78. The van der Waals surface area contributed by atoms with Gasteiger partial charge in [-0.1, -0.05) is 44.2 Å². The van der Waals surface area contributed by atoms with Gasteiger partial charge in [0.1, 0.15) is 0 Å². The molecule has 1 aromatic rings. The van der Waals surface area contributed by atoms with Crippen molar-refractivity contribution < 1.29 is 0 Å². The summed E-state index contributed by atoms with van der Waals surface area (Å²) in [6.45, 7) is 12.5. The van der Waals surface area contributed by atoms with E-state index in [-0.39, 0.29) is 0 Å². The van der Waals surface area contributed by atoms with Crippen molar-refractivity contribution in [2.24, 2.45) is 0 Å². The van der Waals surface area contributed by atoms with E-state index in [9.17, 15) is 0 Å². The zero-order valence-electron chi connectivity index (χ0n) is 10.8. The molecule has 88 valence electrons. The molecule has 0 aliphatic carbocycles. The second-order valence-corrected chi connectivity index (χ2v) is 4.73. The van der Waals surface area contributed by atoms with E-state index in [1.807, 2.05) is 6.08 Å². The van der Waals surface area contributed by atoms with Crippen molar-refractivity contribution in [3.05, 3.63) is 48.0 Å². The first kappa shape index (κ1) is 13.0. The highest BCUT2D eigenvalue weighted by atomic mass is 14.9. The summed E-state index contributed by atoms with van der Waals surface area (Å²) in [5, 5.41) is 3.48. The number of rotatable bonds is 5. The third-order valence-electron chi connectivity index (χ3n) is 2.97. The van der Waals surface area contributed by atoms with E-state index in [2.05, 4.69) is 63.9 Å². The van der Waals surface area contributed by atoms with E-state index in [1.165, 1.54) is 11.1 Å². The second-order valence-electron chi connectivity index (χ2n) is 4.73. The van der Waals surface area contributed by atoms with Crippen LogP contribution in [0.15, 0.2) is 36.9 Å². The minimum atomic E-state index is 0.347. The van der Waals surface area contributed by atoms with Gasteiger partial charge in [-0.05, 0) is 30.9 Å². The third-order valence-corrected chi connectivity index (χ3v) is 2.97. The molecular formula is C15H23N. The number of hydrogen-bond acceptors (Lipinski definition) is 1. The number of hydrogen-bond donors (Lipinski definition) is 1. The molecule has 1 nitrogen and oxygen atoms in total. The maximum absolute atomic E-state index is 3.78. The highest BCUT2D eigenvalue weighted by molar-refractivity contribution is 5.26. The van der Waals surface area contributed by atoms with E-state index in [0.29, 0.717) is 18.0 Å². The summed E-state index contributed by atoms with van der Waals surface area (Å²) in [5.41, 5.74) is 2.73. The lowest BCUT2D eigenvalue weighted by atomic mass is 9.99. The fraction of sp³-hybridized carbons (Fsp3) is 0.467. The van der Waals surface area contributed by atoms with Crippen LogP contribution in [0.25, 0.3) is 0 Å². The first-order chi connectivity index (χ1) is 7.54. The molecule has 0 aliphatic heterocycles. The fourth-order valence-corrected chi connectivity index (χ4v) is 1.73. The Morgan fingerprint density at radius 3 is 1.94 bits per heavy atom. The van der Waals surface area contributed by atoms with Crippen LogP contribution in [0.3, 0.4) is 0 Å². The molecule has 0 aliphatic rings. The van der Waals surface area contributed by atoms with E-state index >= 15 is 0 Å². The Hall–Kier alpha value is -1.08. The molecule has 0 aromatic heterocycles. The molecule has 16 heavy (non-hydrogen) atoms. The van der Waals surface area contributed by atoms with Crippen LogP contribution in [-0.4, -0.2) is 6.04 Å². The summed E-state index contributed by atoms with van der Waals surface area (Å²) in [7, 11) is 0. The molecule has 0 fully saturated rings. The molecule has 2 atom stereocenters. The monoisotopic (exact) mass is 217 g/mol. The van der Waals surface area contributed by atoms with Gasteiger partial charge in [-0.25, -0.2) is 0 Å². The molecular weight excluding hydrogens is 194 g/mol. The van der Waals surface area contributed by atoms with E-state index < -0.39 is 0 Å². The average molecular weight is 217 g/mol. The van der Waals surface area contributed by atoms with Crippen molar-refractivity contribution in [2.75, 3.05) is 0 Å². The van der Waals surface area contributed by atoms with Crippen LogP contribution in [0.2, 0.25) is 0 Å². The Morgan fingerprint density at radius 1 is 1.00 bits per heavy atom. The summed E-state index contributed by atoms with van der Waals surface area (Å²) in [5.74, 6) is 0.601. The van der Waals surface area contributed by atoms with Crippen LogP contribution in [-0.2, 0) is 0 Å². The van der Waals surface area contributed by atoms with Gasteiger partial charge in [0, 0.05) is 12.1 Å². The molecule has 0 saturated carbocycles. The average Bonchev–Trinajstić information content (AvgIpc) is 2.28. The van der Waals surface area contributed by atoms with Gasteiger partial charge in [0.25, 0.3) is 0 Å². The fourth-order valence-electron chi connectivity index (χ4n) is 1.73. The SMILES string of the molecule is C=CC(C)NC(C)c1ccc(C(C)C)cc1. The smallest absolute Gasteiger partial charge is 0.0297 e. The van der Waals surface area contributed by atoms with Gasteiger partial charge >= 0.3 is 0 Å². The van der Waals surface area contributed by atoms with Gasteiger partial charge in [-0.15, -0.1) is 6.58 Å². The van der Waals surface area contributed by atoms with E-state index in [4.69, 9.17) is 0 Å². The van der Waals surface area contributed by atoms with Crippen LogP contribution in [0.5, 0.6) is 0 Å². The van der Waals surface area contributed by atoms with Gasteiger partial charge in [-0.2, -0.15) is 0 Å². The van der Waals surface area contributed by atoms with Crippen LogP contribution >= 0.6 is 0 Å². The van der Waals surface area contributed by atoms with Gasteiger partial charge < -0.3 is 5.32 Å². The van der Waals surface area contributed by atoms with Gasteiger partial charge in [-0.3, -0.25) is 0 Å². The minimum Gasteiger partial charge on any atom is -0.304 e. The lowest BCUT2D eigenvalue weighted by Gasteiger charge is -2.18. The molecule has 2 unspecified atom stereocenters. The summed E-state index contributed by atoms with van der Waals surface area (Å²) in [6, 6.07) is 9.58. The third kappa shape index (κ3) is 3.49. The van der Waals surface area contributed by atoms with Crippen molar-refractivity contribution in [2.45, 2.75) is 45.7 Å². The molecule has 1 rings (SSSR count). The molecule has 0 saturated heterocycles. The van der Waals surface area contributed by atoms with Crippen molar-refractivity contribution in [1.82, 2.24) is 5.32 Å². The Kier molecular flexibility index (Phi) is 4.75. The molecule has 0 spiro atoms. The molecule has 1 N–H and O–H groups in total. The quantitative estimate of drug-likeness (QED) is 0.734. The van der Waals surface area contributed by atoms with Gasteiger partial charge in [0.15, 0.2) is 0 Å². The summed E-state index contributed by atoms with van der Waals surface area (Å²) in [6.07, 6.45) is 1.93. The molecule has 0 radical (unpaired) electrons. The van der Waals surface area contributed by atoms with Crippen molar-refractivity contribution in [3.63, 3.8) is 0 Å². The molecule has 0 bridgehead atoms. The molecule has 0 amide bonds. The van der Waals surface area contributed by atoms with Crippen molar-refractivity contribution >= 4 is 0 Å². The summed E-state index contributed by atoms with van der Waals surface area (Å²) < 4.78 is 0. The first-order valence-corrected chi connectivity index (χ1v) is 6.03. The molecule has 1 aromatic carbocycles. The number of benzene rings is 1. The highest BCUT2D eigenvalue weighted by Crippen LogP contribution is 2.18. The van der Waals surface area contributed by atoms with Crippen LogP contribution in [0.4, 0.5) is 0 Å². The standard InChI is InChI=1S/C15H23N/c1-6-12(4)16-13(5)15-9-7-14(8-10-15)11(2)3/h6-13,16H,1H2,2-5H3. The Balaban J connectivity index is 2.69. The topological polar surface area (TPSA) is 12.0 Å². The number of nitrogens with one attached hydrogen (secondary N) is 1. The van der Waals surface area contributed by atoms with E-state index in [0.717, 1.165) is 0 Å². The van der Waals surface area contributed by atoms with Crippen molar-refractivity contribution in [1.29, 1.82) is 0 Å². The summed E-state index contributed by atoms with van der Waals surface area (Å²) in [4.78, 5) is 0. The van der Waals surface area contributed by atoms with E-state index in [1.54, 1.807) is 0 Å². The zero-order chi connectivity index (χ0) is 12.1. The Bertz CT molecular complexity index is 324. The Morgan fingerprint density at radius 2 is 1.50 bits per heavy atom. The highest BCUT2D eigenvalue weighted by Gasteiger charge is 2.07. The second kappa shape index (κ2) is 5.86. The lowest BCUT2D eigenvalue weighted by Crippen LogP contribution is -2.26. The maximum Gasteiger partial charge on any atom is 0.0297 e. The van der Waals surface area contributed by atoms with Crippen LogP contribution in [0, 0.1) is 0 Å².